The van der Waals surface area contributed by atoms with Crippen LogP contribution in [-0.2, 0) is 4.74 Å². The predicted octanol–water partition coefficient (Wildman–Crippen LogP) is 0.0417. The van der Waals surface area contributed by atoms with Crippen LogP contribution in [0.2, 0.25) is 0 Å². The fourth-order valence-electron chi connectivity index (χ4n) is 1.48. The van der Waals surface area contributed by atoms with Crippen molar-refractivity contribution in [3.63, 3.8) is 0 Å². The van der Waals surface area contributed by atoms with Crippen molar-refractivity contribution in [2.45, 2.75) is 18.9 Å². The van der Waals surface area contributed by atoms with E-state index in [1.165, 1.54) is 0 Å². The largest absolute Gasteiger partial charge is 0.380 e. The summed E-state index contributed by atoms with van der Waals surface area (Å²) in [6.45, 7) is 1.88. The first-order valence-corrected chi connectivity index (χ1v) is 4.28. The highest BCUT2D eigenvalue weighted by molar-refractivity contribution is 5.78. The molecule has 0 aromatic carbocycles. The maximum atomic E-state index is 5.68. The van der Waals surface area contributed by atoms with E-state index in [0.717, 1.165) is 25.9 Å². The number of hydrogen-bond acceptors (Lipinski definition) is 2. The highest BCUT2D eigenvalue weighted by atomic mass is 16.5. The summed E-state index contributed by atoms with van der Waals surface area (Å²) in [5, 5.41) is 0. The summed E-state index contributed by atoms with van der Waals surface area (Å²) in [6, 6.07) is 0. The van der Waals surface area contributed by atoms with Crippen LogP contribution in [0.25, 0.3) is 0 Å². The number of nitrogens with two attached hydrogens (primary N) is 1. The lowest BCUT2D eigenvalue weighted by atomic mass is 10.1. The smallest absolute Gasteiger partial charge is 0.191 e. The maximum absolute atomic E-state index is 5.68. The van der Waals surface area contributed by atoms with Crippen LogP contribution in [0.5, 0.6) is 0 Å². The summed E-state index contributed by atoms with van der Waals surface area (Å²) in [5.74, 6) is 0.622. The summed E-state index contributed by atoms with van der Waals surface area (Å²) < 4.78 is 5.26. The maximum Gasteiger partial charge on any atom is 0.191 e. The van der Waals surface area contributed by atoms with Gasteiger partial charge in [-0.3, -0.25) is 4.99 Å². The van der Waals surface area contributed by atoms with E-state index < -0.39 is 0 Å². The van der Waals surface area contributed by atoms with E-state index in [9.17, 15) is 0 Å². The number of hydrogen-bond donors (Lipinski definition) is 1. The molecular formula is C8H17N3O. The predicted molar refractivity (Wildman–Crippen MR) is 49.2 cm³/mol. The molecule has 1 saturated heterocycles. The summed E-state index contributed by atoms with van der Waals surface area (Å²) in [5.41, 5.74) is 5.68. The minimum atomic E-state index is 0.319. The molecule has 4 nitrogen and oxygen atoms in total. The molecule has 12 heavy (non-hydrogen) atoms. The van der Waals surface area contributed by atoms with Gasteiger partial charge in [0, 0.05) is 27.2 Å². The Kier molecular flexibility index (Phi) is 3.34. The SMILES string of the molecule is CN=C(N)N1CCCC(OC)C1. The third kappa shape index (κ3) is 2.11. The van der Waals surface area contributed by atoms with E-state index in [1.807, 2.05) is 0 Å². The molecule has 0 saturated carbocycles. The molecule has 1 heterocycles. The zero-order valence-corrected chi connectivity index (χ0v) is 7.79. The first-order chi connectivity index (χ1) is 5.77. The van der Waals surface area contributed by atoms with Crippen LogP contribution in [0.3, 0.4) is 0 Å². The molecule has 0 aromatic heterocycles. The third-order valence-corrected chi connectivity index (χ3v) is 2.26. The Morgan fingerprint density at radius 2 is 2.42 bits per heavy atom. The van der Waals surface area contributed by atoms with Crippen molar-refractivity contribution >= 4 is 5.96 Å². The molecule has 0 radical (unpaired) electrons. The van der Waals surface area contributed by atoms with Gasteiger partial charge < -0.3 is 15.4 Å². The first kappa shape index (κ1) is 9.32. The molecule has 0 aliphatic carbocycles. The van der Waals surface area contributed by atoms with Gasteiger partial charge >= 0.3 is 0 Å². The fraction of sp³-hybridized carbons (Fsp3) is 0.875. The van der Waals surface area contributed by atoms with Gasteiger partial charge in [-0.15, -0.1) is 0 Å². The van der Waals surface area contributed by atoms with E-state index in [-0.39, 0.29) is 0 Å². The zero-order valence-electron chi connectivity index (χ0n) is 7.79. The second-order valence-corrected chi connectivity index (χ2v) is 3.03. The van der Waals surface area contributed by atoms with Crippen molar-refractivity contribution in [2.75, 3.05) is 27.2 Å². The highest BCUT2D eigenvalue weighted by Crippen LogP contribution is 2.11. The monoisotopic (exact) mass is 171 g/mol. The minimum absolute atomic E-state index is 0.319. The van der Waals surface area contributed by atoms with Crippen LogP contribution < -0.4 is 5.73 Å². The lowest BCUT2D eigenvalue weighted by Gasteiger charge is -2.32. The van der Waals surface area contributed by atoms with Gasteiger partial charge in [-0.1, -0.05) is 0 Å². The van der Waals surface area contributed by atoms with Crippen LogP contribution in [-0.4, -0.2) is 44.2 Å². The normalized spacial score (nSPS) is 26.0. The molecule has 1 atom stereocenters. The number of likely N-dealkylation sites (tertiary alicyclic amines) is 1. The van der Waals surface area contributed by atoms with E-state index in [1.54, 1.807) is 14.2 Å². The molecule has 0 aromatic rings. The van der Waals surface area contributed by atoms with E-state index in [0.29, 0.717) is 12.1 Å². The Balaban J connectivity index is 2.45. The van der Waals surface area contributed by atoms with Crippen LogP contribution >= 0.6 is 0 Å². The van der Waals surface area contributed by atoms with Gasteiger partial charge in [-0.05, 0) is 12.8 Å². The number of methoxy groups -OCH3 is 1. The van der Waals surface area contributed by atoms with Gasteiger partial charge in [0.15, 0.2) is 5.96 Å². The van der Waals surface area contributed by atoms with Gasteiger partial charge in [-0.25, -0.2) is 0 Å². The second kappa shape index (κ2) is 4.30. The van der Waals surface area contributed by atoms with E-state index in [4.69, 9.17) is 10.5 Å². The van der Waals surface area contributed by atoms with Gasteiger partial charge in [0.25, 0.3) is 0 Å². The Morgan fingerprint density at radius 1 is 1.67 bits per heavy atom. The van der Waals surface area contributed by atoms with Crippen molar-refractivity contribution in [1.29, 1.82) is 0 Å². The summed E-state index contributed by atoms with van der Waals surface area (Å²) in [7, 11) is 3.46. The number of piperidine rings is 1. The number of ether oxygens (including phenoxy) is 1. The van der Waals surface area contributed by atoms with Gasteiger partial charge in [-0.2, -0.15) is 0 Å². The molecule has 1 aliphatic heterocycles. The van der Waals surface area contributed by atoms with Crippen molar-refractivity contribution in [2.24, 2.45) is 10.7 Å². The average Bonchev–Trinajstić information content (AvgIpc) is 2.17. The molecule has 0 spiro atoms. The number of aliphatic imine (C=N–C) groups is 1. The Hall–Kier alpha value is -0.770. The second-order valence-electron chi connectivity index (χ2n) is 3.03. The van der Waals surface area contributed by atoms with Gasteiger partial charge in [0.05, 0.1) is 6.10 Å². The number of rotatable bonds is 1. The van der Waals surface area contributed by atoms with Crippen molar-refractivity contribution < 1.29 is 4.74 Å². The molecule has 2 N–H and O–H groups in total. The third-order valence-electron chi connectivity index (χ3n) is 2.26. The van der Waals surface area contributed by atoms with Crippen molar-refractivity contribution in [3.8, 4) is 0 Å². The standard InChI is InChI=1S/C8H17N3O/c1-10-8(9)11-5-3-4-7(6-11)12-2/h7H,3-6H2,1-2H3,(H2,9,10). The van der Waals surface area contributed by atoms with Crippen molar-refractivity contribution in [3.05, 3.63) is 0 Å². The van der Waals surface area contributed by atoms with E-state index in [2.05, 4.69) is 9.89 Å². The van der Waals surface area contributed by atoms with Crippen LogP contribution in [0.15, 0.2) is 4.99 Å². The Morgan fingerprint density at radius 3 is 3.00 bits per heavy atom. The molecule has 1 aliphatic rings. The first-order valence-electron chi connectivity index (χ1n) is 4.28. The Labute approximate surface area is 73.4 Å². The van der Waals surface area contributed by atoms with E-state index >= 15 is 0 Å². The zero-order chi connectivity index (χ0) is 8.97. The van der Waals surface area contributed by atoms with Crippen LogP contribution in [0.1, 0.15) is 12.8 Å². The number of guanidine groups is 1. The molecule has 0 amide bonds. The van der Waals surface area contributed by atoms with Gasteiger partial charge in [0.1, 0.15) is 0 Å². The molecule has 0 bridgehead atoms. The average molecular weight is 171 g/mol. The molecule has 1 fully saturated rings. The van der Waals surface area contributed by atoms with Crippen LogP contribution in [0, 0.1) is 0 Å². The summed E-state index contributed by atoms with van der Waals surface area (Å²) in [4.78, 5) is 6.01. The fourth-order valence-corrected chi connectivity index (χ4v) is 1.48. The summed E-state index contributed by atoms with van der Waals surface area (Å²) >= 11 is 0. The summed E-state index contributed by atoms with van der Waals surface area (Å²) in [6.07, 6.45) is 2.58. The lowest BCUT2D eigenvalue weighted by Crippen LogP contribution is -2.46. The molecule has 1 rings (SSSR count). The van der Waals surface area contributed by atoms with Crippen molar-refractivity contribution in [1.82, 2.24) is 4.90 Å². The lowest BCUT2D eigenvalue weighted by molar-refractivity contribution is 0.0532. The molecule has 70 valence electrons. The van der Waals surface area contributed by atoms with Crippen LogP contribution in [0.4, 0.5) is 0 Å². The topological polar surface area (TPSA) is 50.8 Å². The van der Waals surface area contributed by atoms with Gasteiger partial charge in [0.2, 0.25) is 0 Å². The Bertz CT molecular complexity index is 170. The quantitative estimate of drug-likeness (QED) is 0.448. The highest BCUT2D eigenvalue weighted by Gasteiger charge is 2.19. The number of nitrogens with zero attached hydrogens (tertiary/aromatic N) is 2. The molecule has 1 unspecified atom stereocenters. The molecular weight excluding hydrogens is 154 g/mol. The molecule has 4 heteroatoms. The minimum Gasteiger partial charge on any atom is -0.380 e.